The summed E-state index contributed by atoms with van der Waals surface area (Å²) in [5.74, 6) is 0. The van der Waals surface area contributed by atoms with Crippen molar-refractivity contribution in [2.24, 2.45) is 0 Å². The van der Waals surface area contributed by atoms with E-state index in [0.717, 1.165) is 12.0 Å². The highest BCUT2D eigenvalue weighted by atomic mass is 32.1. The van der Waals surface area contributed by atoms with E-state index >= 15 is 0 Å². The van der Waals surface area contributed by atoms with Crippen LogP contribution in [0.5, 0.6) is 0 Å². The van der Waals surface area contributed by atoms with Crippen LogP contribution >= 0.6 is 11.3 Å². The van der Waals surface area contributed by atoms with Crippen LogP contribution in [0.2, 0.25) is 0 Å². The lowest BCUT2D eigenvalue weighted by Crippen LogP contribution is -2.55. The maximum absolute atomic E-state index is 10.3. The standard InChI is InChI=1S/C21H22O5S/c22-11-16-18(23)19(24)20(25)21(26-16)14-6-3-4-12(8-14)9-15-10-13-5-1-2-7-17(13)27-15/h1-8,10,16,18-25H,9,11H2/t16-,18-,19+,20-,21?/m1/s1. The first-order chi connectivity index (χ1) is 13.1. The lowest BCUT2D eigenvalue weighted by molar-refractivity contribution is -0.231. The van der Waals surface area contributed by atoms with Crippen LogP contribution < -0.4 is 0 Å². The maximum Gasteiger partial charge on any atom is 0.113 e. The van der Waals surface area contributed by atoms with E-state index in [-0.39, 0.29) is 0 Å². The highest BCUT2D eigenvalue weighted by Gasteiger charge is 2.43. The second kappa shape index (κ2) is 7.67. The molecule has 142 valence electrons. The molecule has 1 saturated heterocycles. The SMILES string of the molecule is OC[C@H]1OC(c2cccc(Cc3cc4ccccc4s3)c2)[C@H](O)[C@@H](O)[C@@H]1O. The average Bonchev–Trinajstić information content (AvgIpc) is 3.09. The lowest BCUT2D eigenvalue weighted by Gasteiger charge is -2.40. The Bertz CT molecular complexity index is 889. The predicted octanol–water partition coefficient (Wildman–Crippen LogP) is 2.01. The maximum atomic E-state index is 10.3. The molecule has 2 heterocycles. The van der Waals surface area contributed by atoms with Gasteiger partial charge in [0.25, 0.3) is 0 Å². The first-order valence-corrected chi connectivity index (χ1v) is 9.75. The Balaban J connectivity index is 1.58. The molecule has 1 aromatic heterocycles. The van der Waals surface area contributed by atoms with Crippen molar-refractivity contribution in [3.8, 4) is 0 Å². The summed E-state index contributed by atoms with van der Waals surface area (Å²) in [4.78, 5) is 1.24. The highest BCUT2D eigenvalue weighted by Crippen LogP contribution is 2.33. The highest BCUT2D eigenvalue weighted by molar-refractivity contribution is 7.19. The summed E-state index contributed by atoms with van der Waals surface area (Å²) < 4.78 is 6.91. The third kappa shape index (κ3) is 3.65. The van der Waals surface area contributed by atoms with Crippen LogP contribution in [0, 0.1) is 0 Å². The fourth-order valence-corrected chi connectivity index (χ4v) is 4.68. The van der Waals surface area contributed by atoms with Gasteiger partial charge in [0, 0.05) is 16.0 Å². The molecule has 2 aromatic carbocycles. The number of fused-ring (bicyclic) bond motifs is 1. The van der Waals surface area contributed by atoms with Crippen LogP contribution in [0.1, 0.15) is 22.1 Å². The molecule has 5 nitrogen and oxygen atoms in total. The number of benzene rings is 2. The van der Waals surface area contributed by atoms with Crippen LogP contribution in [0.3, 0.4) is 0 Å². The third-order valence-electron chi connectivity index (χ3n) is 5.03. The van der Waals surface area contributed by atoms with E-state index in [4.69, 9.17) is 4.74 Å². The van der Waals surface area contributed by atoms with Crippen molar-refractivity contribution >= 4 is 21.4 Å². The van der Waals surface area contributed by atoms with E-state index in [1.807, 2.05) is 36.4 Å². The van der Waals surface area contributed by atoms with E-state index in [9.17, 15) is 20.4 Å². The lowest BCUT2D eigenvalue weighted by atomic mass is 9.90. The molecule has 3 aromatic rings. The van der Waals surface area contributed by atoms with Gasteiger partial charge in [-0.3, -0.25) is 0 Å². The molecule has 1 unspecified atom stereocenters. The minimum absolute atomic E-state index is 0.428. The largest absolute Gasteiger partial charge is 0.394 e. The second-order valence-electron chi connectivity index (χ2n) is 6.92. The van der Waals surface area contributed by atoms with Crippen LogP contribution in [0.4, 0.5) is 0 Å². The van der Waals surface area contributed by atoms with Crippen LogP contribution in [0.25, 0.3) is 10.1 Å². The van der Waals surface area contributed by atoms with Crippen molar-refractivity contribution in [2.75, 3.05) is 6.61 Å². The van der Waals surface area contributed by atoms with E-state index in [2.05, 4.69) is 18.2 Å². The Hall–Kier alpha value is -1.80. The molecule has 0 saturated carbocycles. The molecule has 6 heteroatoms. The van der Waals surface area contributed by atoms with Crippen molar-refractivity contribution in [1.29, 1.82) is 0 Å². The Morgan fingerprint density at radius 2 is 1.70 bits per heavy atom. The number of ether oxygens (including phenoxy) is 1. The van der Waals surface area contributed by atoms with Gasteiger partial charge in [-0.1, -0.05) is 42.5 Å². The van der Waals surface area contributed by atoms with Gasteiger partial charge in [-0.05, 0) is 28.6 Å². The third-order valence-corrected chi connectivity index (χ3v) is 6.14. The zero-order valence-corrected chi connectivity index (χ0v) is 15.4. The van der Waals surface area contributed by atoms with Crippen molar-refractivity contribution in [3.05, 3.63) is 70.6 Å². The number of aliphatic hydroxyl groups is 4. The van der Waals surface area contributed by atoms with Gasteiger partial charge in [0.2, 0.25) is 0 Å². The van der Waals surface area contributed by atoms with Crippen molar-refractivity contribution in [3.63, 3.8) is 0 Å². The minimum Gasteiger partial charge on any atom is -0.394 e. The Kier molecular flexibility index (Phi) is 5.27. The molecule has 1 aliphatic heterocycles. The van der Waals surface area contributed by atoms with Gasteiger partial charge in [-0.25, -0.2) is 0 Å². The van der Waals surface area contributed by atoms with E-state index in [1.54, 1.807) is 11.3 Å². The molecular weight excluding hydrogens is 364 g/mol. The number of rotatable bonds is 4. The normalized spacial score (nSPS) is 28.5. The van der Waals surface area contributed by atoms with Gasteiger partial charge in [0.1, 0.15) is 30.5 Å². The van der Waals surface area contributed by atoms with Crippen LogP contribution in [-0.2, 0) is 11.2 Å². The van der Waals surface area contributed by atoms with Crippen LogP contribution in [-0.4, -0.2) is 51.4 Å². The Labute approximate surface area is 161 Å². The molecule has 0 bridgehead atoms. The molecular formula is C21H22O5S. The monoisotopic (exact) mass is 386 g/mol. The smallest absolute Gasteiger partial charge is 0.113 e. The number of thiophene rings is 1. The van der Waals surface area contributed by atoms with Gasteiger partial charge in [0.05, 0.1) is 6.61 Å². The molecule has 0 spiro atoms. The van der Waals surface area contributed by atoms with Crippen molar-refractivity contribution in [2.45, 2.75) is 36.9 Å². The molecule has 5 atom stereocenters. The summed E-state index contributed by atoms with van der Waals surface area (Å²) in [6, 6.07) is 18.1. The first-order valence-electron chi connectivity index (χ1n) is 8.93. The van der Waals surface area contributed by atoms with Crippen LogP contribution in [0.15, 0.2) is 54.6 Å². The zero-order chi connectivity index (χ0) is 19.0. The molecule has 1 aliphatic rings. The fraction of sp³-hybridized carbons (Fsp3) is 0.333. The van der Waals surface area contributed by atoms with E-state index in [0.29, 0.717) is 5.56 Å². The summed E-state index contributed by atoms with van der Waals surface area (Å²) in [5, 5.41) is 40.9. The van der Waals surface area contributed by atoms with E-state index in [1.165, 1.54) is 15.0 Å². The van der Waals surface area contributed by atoms with Crippen molar-refractivity contribution in [1.82, 2.24) is 0 Å². The molecule has 1 fully saturated rings. The zero-order valence-electron chi connectivity index (χ0n) is 14.6. The first kappa shape index (κ1) is 18.6. The molecule has 4 N–H and O–H groups in total. The second-order valence-corrected chi connectivity index (χ2v) is 8.09. The minimum atomic E-state index is -1.37. The van der Waals surface area contributed by atoms with Gasteiger partial charge >= 0.3 is 0 Å². The number of aliphatic hydroxyl groups excluding tert-OH is 4. The summed E-state index contributed by atoms with van der Waals surface area (Å²) in [7, 11) is 0. The van der Waals surface area contributed by atoms with Gasteiger partial charge in [-0.2, -0.15) is 0 Å². The van der Waals surface area contributed by atoms with Gasteiger partial charge in [-0.15, -0.1) is 11.3 Å². The summed E-state index contributed by atoms with van der Waals surface area (Å²) in [6.45, 7) is -0.428. The number of hydrogen-bond donors (Lipinski definition) is 4. The molecule has 4 rings (SSSR count). The van der Waals surface area contributed by atoms with Crippen molar-refractivity contribution < 1.29 is 25.2 Å². The topological polar surface area (TPSA) is 90.2 Å². The Morgan fingerprint density at radius 3 is 2.48 bits per heavy atom. The molecule has 27 heavy (non-hydrogen) atoms. The molecule has 0 radical (unpaired) electrons. The number of hydrogen-bond acceptors (Lipinski definition) is 6. The summed E-state index contributed by atoms with van der Waals surface area (Å²) in [5.41, 5.74) is 1.78. The van der Waals surface area contributed by atoms with E-state index < -0.39 is 37.1 Å². The quantitative estimate of drug-likeness (QED) is 0.551. The molecule has 0 aliphatic carbocycles. The Morgan fingerprint density at radius 1 is 0.889 bits per heavy atom. The fourth-order valence-electron chi connectivity index (χ4n) is 3.58. The van der Waals surface area contributed by atoms with Gasteiger partial charge in [0.15, 0.2) is 0 Å². The summed E-state index contributed by atoms with van der Waals surface area (Å²) in [6.07, 6.45) is -4.93. The predicted molar refractivity (Wildman–Crippen MR) is 104 cm³/mol. The summed E-state index contributed by atoms with van der Waals surface area (Å²) >= 11 is 1.75. The van der Waals surface area contributed by atoms with Gasteiger partial charge < -0.3 is 25.2 Å². The molecule has 0 amide bonds. The average molecular weight is 386 g/mol.